The molecule has 3 rings (SSSR count). The van der Waals surface area contributed by atoms with Gasteiger partial charge in [-0.05, 0) is 42.0 Å². The van der Waals surface area contributed by atoms with Crippen molar-refractivity contribution in [3.63, 3.8) is 0 Å². The number of hydrogen-bond acceptors (Lipinski definition) is 6. The lowest BCUT2D eigenvalue weighted by atomic mass is 10.1. The van der Waals surface area contributed by atoms with Gasteiger partial charge in [0.2, 0.25) is 0 Å². The number of ether oxygens (including phenoxy) is 1. The first kappa shape index (κ1) is 19.8. The van der Waals surface area contributed by atoms with Crippen LogP contribution in [0.5, 0.6) is 0 Å². The number of nitrogens with one attached hydrogen (secondary N) is 2. The summed E-state index contributed by atoms with van der Waals surface area (Å²) in [6, 6.07) is 17.1. The van der Waals surface area contributed by atoms with Crippen molar-refractivity contribution in [3.05, 3.63) is 76.3 Å². The highest BCUT2D eigenvalue weighted by Crippen LogP contribution is 2.25. The minimum atomic E-state index is -1.09. The molecule has 0 bridgehead atoms. The highest BCUT2D eigenvalue weighted by molar-refractivity contribution is 5.99. The lowest BCUT2D eigenvalue weighted by Crippen LogP contribution is -2.30. The van der Waals surface area contributed by atoms with E-state index in [2.05, 4.69) is 10.6 Å². The molecule has 0 aliphatic carbocycles. The van der Waals surface area contributed by atoms with Gasteiger partial charge in [-0.3, -0.25) is 14.9 Å². The smallest absolute Gasteiger partial charge is 0.339 e. The van der Waals surface area contributed by atoms with E-state index >= 15 is 0 Å². The Labute approximate surface area is 166 Å². The lowest BCUT2D eigenvalue weighted by Gasteiger charge is -2.14. The third kappa shape index (κ3) is 4.49. The van der Waals surface area contributed by atoms with Crippen molar-refractivity contribution in [2.75, 3.05) is 17.7 Å². The van der Waals surface area contributed by atoms with Gasteiger partial charge in [0.1, 0.15) is 5.69 Å². The summed E-state index contributed by atoms with van der Waals surface area (Å²) in [6.45, 7) is 1.44. The Bertz CT molecular complexity index is 1100. The molecule has 3 aromatic carbocycles. The van der Waals surface area contributed by atoms with E-state index in [-0.39, 0.29) is 16.9 Å². The van der Waals surface area contributed by atoms with E-state index in [9.17, 15) is 19.7 Å². The predicted molar refractivity (Wildman–Crippen MR) is 110 cm³/mol. The van der Waals surface area contributed by atoms with Crippen molar-refractivity contribution < 1.29 is 19.2 Å². The number of esters is 1. The Morgan fingerprint density at radius 2 is 1.76 bits per heavy atom. The zero-order chi connectivity index (χ0) is 21.0. The molecule has 29 heavy (non-hydrogen) atoms. The van der Waals surface area contributed by atoms with Crippen LogP contribution in [0.15, 0.2) is 60.7 Å². The Morgan fingerprint density at radius 1 is 1.03 bits per heavy atom. The number of nitro groups is 1. The minimum Gasteiger partial charge on any atom is -0.449 e. The molecule has 2 N–H and O–H groups in total. The standard InChI is InChI=1S/C21H19N3O5/c1-13(20(25)23-17-9-7-14-5-3-4-6-15(14)11-17)29-21(26)16-8-10-18(22-2)19(12-16)24(27)28/h3-13,22H,1-2H3,(H,23,25)/t13-/m0/s1. The van der Waals surface area contributed by atoms with Crippen LogP contribution in [0.25, 0.3) is 10.8 Å². The molecule has 0 unspecified atom stereocenters. The molecule has 8 nitrogen and oxygen atoms in total. The lowest BCUT2D eigenvalue weighted by molar-refractivity contribution is -0.384. The molecule has 0 aromatic heterocycles. The summed E-state index contributed by atoms with van der Waals surface area (Å²) in [6.07, 6.45) is -1.09. The van der Waals surface area contributed by atoms with Gasteiger partial charge in [-0.1, -0.05) is 30.3 Å². The van der Waals surface area contributed by atoms with Gasteiger partial charge in [-0.2, -0.15) is 0 Å². The molecule has 0 aliphatic heterocycles. The number of nitro benzene ring substituents is 1. The number of anilines is 2. The van der Waals surface area contributed by atoms with Crippen molar-refractivity contribution in [1.82, 2.24) is 0 Å². The topological polar surface area (TPSA) is 111 Å². The summed E-state index contributed by atoms with van der Waals surface area (Å²) < 4.78 is 5.17. The number of carbonyl (C=O) groups excluding carboxylic acids is 2. The number of nitrogens with zero attached hydrogens (tertiary/aromatic N) is 1. The molecule has 0 radical (unpaired) electrons. The Kier molecular flexibility index (Phi) is 5.73. The van der Waals surface area contributed by atoms with Crippen LogP contribution in [-0.4, -0.2) is 30.0 Å². The van der Waals surface area contributed by atoms with Gasteiger partial charge in [0.15, 0.2) is 6.10 Å². The zero-order valence-corrected chi connectivity index (χ0v) is 15.8. The quantitative estimate of drug-likeness (QED) is 0.372. The largest absolute Gasteiger partial charge is 0.449 e. The van der Waals surface area contributed by atoms with Crippen LogP contribution in [0.4, 0.5) is 17.1 Å². The van der Waals surface area contributed by atoms with E-state index in [1.807, 2.05) is 36.4 Å². The van der Waals surface area contributed by atoms with Gasteiger partial charge in [0.05, 0.1) is 10.5 Å². The second-order valence-electron chi connectivity index (χ2n) is 6.34. The SMILES string of the molecule is CNc1ccc(C(=O)O[C@@H](C)C(=O)Nc2ccc3ccccc3c2)cc1[N+](=O)[O-]. The third-order valence-corrected chi connectivity index (χ3v) is 4.37. The summed E-state index contributed by atoms with van der Waals surface area (Å²) >= 11 is 0. The van der Waals surface area contributed by atoms with Crippen LogP contribution < -0.4 is 10.6 Å². The summed E-state index contributed by atoms with van der Waals surface area (Å²) in [5.74, 6) is -1.33. The molecule has 1 atom stereocenters. The van der Waals surface area contributed by atoms with E-state index in [0.717, 1.165) is 16.8 Å². The maximum Gasteiger partial charge on any atom is 0.339 e. The fraction of sp³-hybridized carbons (Fsp3) is 0.143. The van der Waals surface area contributed by atoms with Crippen LogP contribution in [0.2, 0.25) is 0 Å². The normalized spacial score (nSPS) is 11.5. The molecule has 0 saturated heterocycles. The van der Waals surface area contributed by atoms with Crippen molar-refractivity contribution in [3.8, 4) is 0 Å². The first-order valence-electron chi connectivity index (χ1n) is 8.86. The highest BCUT2D eigenvalue weighted by atomic mass is 16.6. The molecule has 0 fully saturated rings. The second-order valence-corrected chi connectivity index (χ2v) is 6.34. The summed E-state index contributed by atoms with van der Waals surface area (Å²) in [5.41, 5.74) is 0.579. The van der Waals surface area contributed by atoms with Gasteiger partial charge in [-0.15, -0.1) is 0 Å². The van der Waals surface area contributed by atoms with Gasteiger partial charge in [0.25, 0.3) is 11.6 Å². The third-order valence-electron chi connectivity index (χ3n) is 4.37. The maximum atomic E-state index is 12.4. The van der Waals surface area contributed by atoms with Gasteiger partial charge >= 0.3 is 5.97 Å². The Morgan fingerprint density at radius 3 is 2.45 bits per heavy atom. The molecule has 148 valence electrons. The first-order chi connectivity index (χ1) is 13.9. The van der Waals surface area contributed by atoms with Crippen molar-refractivity contribution in [2.45, 2.75) is 13.0 Å². The highest BCUT2D eigenvalue weighted by Gasteiger charge is 2.22. The summed E-state index contributed by atoms with van der Waals surface area (Å²) in [4.78, 5) is 35.2. The van der Waals surface area contributed by atoms with E-state index < -0.39 is 22.9 Å². The molecule has 8 heteroatoms. The fourth-order valence-electron chi connectivity index (χ4n) is 2.81. The van der Waals surface area contributed by atoms with E-state index in [0.29, 0.717) is 5.69 Å². The van der Waals surface area contributed by atoms with Crippen LogP contribution in [0, 0.1) is 10.1 Å². The van der Waals surface area contributed by atoms with Crippen molar-refractivity contribution in [1.29, 1.82) is 0 Å². The molecular formula is C21H19N3O5. The molecular weight excluding hydrogens is 374 g/mol. The predicted octanol–water partition coefficient (Wildman–Crippen LogP) is 3.97. The average molecular weight is 393 g/mol. The van der Waals surface area contributed by atoms with Crippen LogP contribution >= 0.6 is 0 Å². The average Bonchev–Trinajstić information content (AvgIpc) is 2.72. The van der Waals surface area contributed by atoms with E-state index in [4.69, 9.17) is 4.74 Å². The zero-order valence-electron chi connectivity index (χ0n) is 15.8. The van der Waals surface area contributed by atoms with Gasteiger partial charge in [0, 0.05) is 18.8 Å². The van der Waals surface area contributed by atoms with Crippen LogP contribution in [-0.2, 0) is 9.53 Å². The number of carbonyl (C=O) groups is 2. The monoisotopic (exact) mass is 393 g/mol. The number of fused-ring (bicyclic) bond motifs is 1. The van der Waals surface area contributed by atoms with Gasteiger partial charge < -0.3 is 15.4 Å². The number of hydrogen-bond donors (Lipinski definition) is 2. The van der Waals surface area contributed by atoms with E-state index in [1.54, 1.807) is 13.1 Å². The van der Waals surface area contributed by atoms with E-state index in [1.165, 1.54) is 19.1 Å². The number of amides is 1. The summed E-state index contributed by atoms with van der Waals surface area (Å²) in [5, 5.41) is 18.5. The first-order valence-corrected chi connectivity index (χ1v) is 8.86. The number of benzene rings is 3. The van der Waals surface area contributed by atoms with Crippen molar-refractivity contribution in [2.24, 2.45) is 0 Å². The molecule has 0 saturated carbocycles. The molecule has 1 amide bonds. The van der Waals surface area contributed by atoms with Crippen molar-refractivity contribution >= 4 is 39.7 Å². The number of rotatable bonds is 6. The Hall–Kier alpha value is -3.94. The molecule has 3 aromatic rings. The maximum absolute atomic E-state index is 12.4. The molecule has 0 aliphatic rings. The Balaban J connectivity index is 1.69. The summed E-state index contributed by atoms with van der Waals surface area (Å²) in [7, 11) is 1.54. The molecule has 0 spiro atoms. The molecule has 0 heterocycles. The van der Waals surface area contributed by atoms with Crippen LogP contribution in [0.1, 0.15) is 17.3 Å². The minimum absolute atomic E-state index is 0.0129. The van der Waals surface area contributed by atoms with Gasteiger partial charge in [-0.25, -0.2) is 4.79 Å². The second kappa shape index (κ2) is 8.39. The fourth-order valence-corrected chi connectivity index (χ4v) is 2.81. The van der Waals surface area contributed by atoms with Crippen LogP contribution in [0.3, 0.4) is 0 Å².